The summed E-state index contributed by atoms with van der Waals surface area (Å²) < 4.78 is 6.71. The van der Waals surface area contributed by atoms with E-state index in [-0.39, 0.29) is 11.3 Å². The van der Waals surface area contributed by atoms with Gasteiger partial charge in [-0.3, -0.25) is 4.79 Å². The van der Waals surface area contributed by atoms with Crippen molar-refractivity contribution in [1.29, 1.82) is 0 Å². The number of hydrogen-bond donors (Lipinski definition) is 0. The molecule has 0 amide bonds. The molecule has 2 heteroatoms. The molecule has 186 valence electrons. The summed E-state index contributed by atoms with van der Waals surface area (Å²) in [5, 5.41) is 0. The van der Waals surface area contributed by atoms with Crippen molar-refractivity contribution < 1.29 is 9.53 Å². The number of Topliss-reactive ketones (excluding diaryl/α,β-unsaturated/α-hetero) is 1. The highest BCUT2D eigenvalue weighted by molar-refractivity contribution is 5.87. The van der Waals surface area contributed by atoms with Crippen LogP contribution in [-0.2, 0) is 9.53 Å². The lowest BCUT2D eigenvalue weighted by Gasteiger charge is -2.73. The van der Waals surface area contributed by atoms with Crippen LogP contribution in [0, 0.1) is 62.1 Å². The Bertz CT molecular complexity index is 872. The Morgan fingerprint density at radius 3 is 2.21 bits per heavy atom. The van der Waals surface area contributed by atoms with Gasteiger partial charge in [-0.2, -0.15) is 0 Å². The lowest BCUT2D eigenvalue weighted by atomic mass is 9.31. The largest absolute Gasteiger partial charge is 0.377 e. The molecule has 5 saturated carbocycles. The van der Waals surface area contributed by atoms with Gasteiger partial charge in [0.05, 0.1) is 12.7 Å². The molecule has 0 N–H and O–H groups in total. The SMILES string of the molecule is C[C@H]1C[C@]2(C)[C@H]3CC[C@@H]4[C@H]5[C@H]6OC[C@@]5(CCC6(C)C)CC[C@@]4(C)[C@]3(C)CC[C@H]2C(C)(C)C1=O. The van der Waals surface area contributed by atoms with E-state index in [0.717, 1.165) is 30.8 Å². The number of hydrogen-bond acceptors (Lipinski definition) is 2. The molecule has 1 aliphatic heterocycles. The maximum absolute atomic E-state index is 13.3. The van der Waals surface area contributed by atoms with Crippen molar-refractivity contribution in [1.82, 2.24) is 0 Å². The molecule has 2 bridgehead atoms. The Morgan fingerprint density at radius 2 is 1.48 bits per heavy atom. The van der Waals surface area contributed by atoms with Gasteiger partial charge in [0.25, 0.3) is 0 Å². The van der Waals surface area contributed by atoms with Crippen LogP contribution >= 0.6 is 0 Å². The number of rotatable bonds is 0. The van der Waals surface area contributed by atoms with E-state index in [4.69, 9.17) is 4.74 Å². The van der Waals surface area contributed by atoms with Gasteiger partial charge in [-0.15, -0.1) is 0 Å². The Balaban J connectivity index is 1.41. The maximum Gasteiger partial charge on any atom is 0.141 e. The van der Waals surface area contributed by atoms with Gasteiger partial charge in [-0.25, -0.2) is 0 Å². The fourth-order valence-electron chi connectivity index (χ4n) is 12.4. The van der Waals surface area contributed by atoms with E-state index >= 15 is 0 Å². The predicted octanol–water partition coefficient (Wildman–Crippen LogP) is 7.69. The number of carbonyl (C=O) groups is 1. The zero-order valence-electron chi connectivity index (χ0n) is 22.9. The average molecular weight is 455 g/mol. The van der Waals surface area contributed by atoms with Crippen LogP contribution in [0.3, 0.4) is 0 Å². The molecule has 0 unspecified atom stereocenters. The van der Waals surface area contributed by atoms with Gasteiger partial charge >= 0.3 is 0 Å². The van der Waals surface area contributed by atoms with Gasteiger partial charge in [-0.1, -0.05) is 55.4 Å². The first-order chi connectivity index (χ1) is 15.2. The van der Waals surface area contributed by atoms with E-state index in [0.29, 0.717) is 44.9 Å². The van der Waals surface area contributed by atoms with Gasteiger partial charge in [0.2, 0.25) is 0 Å². The molecule has 0 aromatic carbocycles. The number of fused-ring (bicyclic) bond motifs is 5. The molecule has 0 aromatic rings. The summed E-state index contributed by atoms with van der Waals surface area (Å²) in [6.45, 7) is 20.9. The summed E-state index contributed by atoms with van der Waals surface area (Å²) in [5.74, 6) is 3.64. The lowest BCUT2D eigenvalue weighted by Crippen LogP contribution is -2.68. The molecule has 5 aliphatic carbocycles. The Kier molecular flexibility index (Phi) is 4.53. The minimum atomic E-state index is -0.164. The lowest BCUT2D eigenvalue weighted by molar-refractivity contribution is -0.242. The topological polar surface area (TPSA) is 26.3 Å². The van der Waals surface area contributed by atoms with Crippen molar-refractivity contribution in [3.63, 3.8) is 0 Å². The van der Waals surface area contributed by atoms with Gasteiger partial charge in [-0.05, 0) is 109 Å². The van der Waals surface area contributed by atoms with Crippen molar-refractivity contribution in [2.24, 2.45) is 62.1 Å². The highest BCUT2D eigenvalue weighted by Gasteiger charge is 2.73. The van der Waals surface area contributed by atoms with Crippen LogP contribution in [0.5, 0.6) is 0 Å². The minimum Gasteiger partial charge on any atom is -0.377 e. The van der Waals surface area contributed by atoms with Crippen molar-refractivity contribution in [2.75, 3.05) is 6.61 Å². The third-order valence-electron chi connectivity index (χ3n) is 14.1. The van der Waals surface area contributed by atoms with Crippen LogP contribution in [0.15, 0.2) is 0 Å². The second-order valence-electron chi connectivity index (χ2n) is 16.0. The molecule has 6 rings (SSSR count). The molecular weight excluding hydrogens is 404 g/mol. The quantitative estimate of drug-likeness (QED) is 0.375. The van der Waals surface area contributed by atoms with Crippen LogP contribution < -0.4 is 0 Å². The van der Waals surface area contributed by atoms with Crippen molar-refractivity contribution in [2.45, 2.75) is 119 Å². The van der Waals surface area contributed by atoms with Gasteiger partial charge in [0, 0.05) is 11.3 Å². The second kappa shape index (κ2) is 6.49. The van der Waals surface area contributed by atoms with Crippen molar-refractivity contribution >= 4 is 5.78 Å². The third-order valence-corrected chi connectivity index (χ3v) is 14.1. The number of ketones is 1. The van der Waals surface area contributed by atoms with Crippen LogP contribution in [-0.4, -0.2) is 18.5 Å². The monoisotopic (exact) mass is 454 g/mol. The van der Waals surface area contributed by atoms with E-state index in [1.54, 1.807) is 0 Å². The van der Waals surface area contributed by atoms with Crippen LogP contribution in [0.4, 0.5) is 0 Å². The molecule has 6 fully saturated rings. The predicted molar refractivity (Wildman–Crippen MR) is 134 cm³/mol. The zero-order chi connectivity index (χ0) is 23.8. The fraction of sp³-hybridized carbons (Fsp3) is 0.968. The summed E-state index contributed by atoms with van der Waals surface area (Å²) in [7, 11) is 0. The van der Waals surface area contributed by atoms with Gasteiger partial charge in [0.15, 0.2) is 0 Å². The van der Waals surface area contributed by atoms with E-state index in [1.165, 1.54) is 51.4 Å². The first-order valence-corrected chi connectivity index (χ1v) is 14.4. The molecule has 1 heterocycles. The third kappa shape index (κ3) is 2.54. The van der Waals surface area contributed by atoms with Gasteiger partial charge < -0.3 is 4.74 Å². The van der Waals surface area contributed by atoms with Gasteiger partial charge in [0.1, 0.15) is 5.78 Å². The highest BCUT2D eigenvalue weighted by Crippen LogP contribution is 2.78. The second-order valence-corrected chi connectivity index (χ2v) is 16.0. The Labute approximate surface area is 203 Å². The molecule has 6 aliphatic rings. The van der Waals surface area contributed by atoms with Crippen molar-refractivity contribution in [3.05, 3.63) is 0 Å². The molecule has 0 spiro atoms. The molecule has 33 heavy (non-hydrogen) atoms. The minimum absolute atomic E-state index is 0.164. The maximum atomic E-state index is 13.3. The molecule has 1 saturated heterocycles. The molecular formula is C31H50O2. The van der Waals surface area contributed by atoms with E-state index in [9.17, 15) is 4.79 Å². The smallest absolute Gasteiger partial charge is 0.141 e. The summed E-state index contributed by atoms with van der Waals surface area (Å²) in [6.07, 6.45) is 12.4. The zero-order valence-corrected chi connectivity index (χ0v) is 22.9. The summed E-state index contributed by atoms with van der Waals surface area (Å²) in [4.78, 5) is 13.3. The Hall–Kier alpha value is -0.370. The molecule has 0 radical (unpaired) electrons. The summed E-state index contributed by atoms with van der Waals surface area (Å²) in [5.41, 5.74) is 1.74. The van der Waals surface area contributed by atoms with Crippen LogP contribution in [0.2, 0.25) is 0 Å². The van der Waals surface area contributed by atoms with Crippen LogP contribution in [0.1, 0.15) is 113 Å². The number of carbonyl (C=O) groups excluding carboxylic acids is 1. The molecule has 2 nitrogen and oxygen atoms in total. The highest BCUT2D eigenvalue weighted by atomic mass is 16.5. The van der Waals surface area contributed by atoms with Crippen molar-refractivity contribution in [3.8, 4) is 0 Å². The Morgan fingerprint density at radius 1 is 0.788 bits per heavy atom. The standard InChI is InChI=1S/C31H50O2/c1-19-17-28(6)21(27(4,5)24(19)32)11-12-30(8)22(28)10-9-20-23-25-26(2,3)13-15-31(23,18-33-25)16-14-29(20,30)7/h19-23,25H,9-18H2,1-8H3/t19-,20+,21-,22+,23-,25+,28-,29+,30+,31+/m0/s1. The molecule has 0 aromatic heterocycles. The first-order valence-electron chi connectivity index (χ1n) is 14.4. The van der Waals surface area contributed by atoms with Crippen LogP contribution in [0.25, 0.3) is 0 Å². The number of ether oxygens (including phenoxy) is 1. The average Bonchev–Trinajstić information content (AvgIpc) is 3.06. The molecule has 10 atom stereocenters. The van der Waals surface area contributed by atoms with E-state index in [1.807, 2.05) is 0 Å². The fourth-order valence-corrected chi connectivity index (χ4v) is 12.4. The summed E-state index contributed by atoms with van der Waals surface area (Å²) >= 11 is 0. The summed E-state index contributed by atoms with van der Waals surface area (Å²) in [6, 6.07) is 0. The normalized spacial score (nSPS) is 58.6. The van der Waals surface area contributed by atoms with E-state index < -0.39 is 0 Å². The van der Waals surface area contributed by atoms with E-state index in [2.05, 4.69) is 55.4 Å². The first kappa shape index (κ1) is 23.1.